The van der Waals surface area contributed by atoms with Gasteiger partial charge in [0.1, 0.15) is 5.56 Å². The van der Waals surface area contributed by atoms with Crippen LogP contribution in [-0.2, 0) is 9.47 Å². The number of benzene rings is 1. The molecule has 2 aromatic rings. The summed E-state index contributed by atoms with van der Waals surface area (Å²) in [5, 5.41) is 1.67. The second-order valence-corrected chi connectivity index (χ2v) is 5.87. The van der Waals surface area contributed by atoms with Crippen molar-refractivity contribution in [3.63, 3.8) is 0 Å². The third-order valence-corrected chi connectivity index (χ3v) is 4.50. The molecule has 0 radical (unpaired) electrons. The quantitative estimate of drug-likeness (QED) is 0.809. The van der Waals surface area contributed by atoms with Crippen molar-refractivity contribution in [2.75, 3.05) is 37.8 Å². The lowest BCUT2D eigenvalue weighted by molar-refractivity contribution is -0.345. The molecule has 5 nitrogen and oxygen atoms in total. The Balaban J connectivity index is 2.22. The highest BCUT2D eigenvalue weighted by atomic mass is 35.5. The number of carbonyl (C=O) groups excluding carboxylic acids is 1. The average Bonchev–Trinajstić information content (AvgIpc) is 2.58. The molecule has 1 N–H and O–H groups in total. The van der Waals surface area contributed by atoms with E-state index in [2.05, 4.69) is 9.88 Å². The number of rotatable bonds is 3. The number of ether oxygens (including phenoxy) is 2. The zero-order valence-electron chi connectivity index (χ0n) is 13.3. The Morgan fingerprint density at radius 3 is 2.83 bits per heavy atom. The van der Waals surface area contributed by atoms with E-state index < -0.39 is 0 Å². The maximum Gasteiger partial charge on any atom is 0.346 e. The van der Waals surface area contributed by atoms with Gasteiger partial charge in [-0.05, 0) is 26.0 Å². The molecule has 0 amide bonds. The van der Waals surface area contributed by atoms with Gasteiger partial charge in [-0.1, -0.05) is 11.6 Å². The van der Waals surface area contributed by atoms with Crippen molar-refractivity contribution in [3.8, 4) is 0 Å². The van der Waals surface area contributed by atoms with Gasteiger partial charge >= 0.3 is 5.97 Å². The Labute approximate surface area is 140 Å². The SMILES string of the molecule is CCOC(=O)c1c[nH+]c2c(C)c(Cl)ccc2c1N1CCOCC1. The number of aryl methyl sites for hydroxylation is 1. The molecule has 1 aliphatic heterocycles. The summed E-state index contributed by atoms with van der Waals surface area (Å²) in [7, 11) is 0. The van der Waals surface area contributed by atoms with Crippen LogP contribution >= 0.6 is 11.6 Å². The molecular weight excluding hydrogens is 316 g/mol. The minimum Gasteiger partial charge on any atom is -0.462 e. The molecule has 0 aliphatic carbocycles. The number of pyridine rings is 1. The van der Waals surface area contributed by atoms with Gasteiger partial charge in [0.15, 0.2) is 6.20 Å². The van der Waals surface area contributed by atoms with Crippen LogP contribution in [0.15, 0.2) is 18.3 Å². The highest BCUT2D eigenvalue weighted by Crippen LogP contribution is 2.33. The number of hydrogen-bond acceptors (Lipinski definition) is 4. The molecule has 1 aromatic heterocycles. The minimum absolute atomic E-state index is 0.320. The fraction of sp³-hybridized carbons (Fsp3) is 0.412. The molecule has 122 valence electrons. The van der Waals surface area contributed by atoms with Crippen molar-refractivity contribution < 1.29 is 19.3 Å². The van der Waals surface area contributed by atoms with Crippen LogP contribution in [0.4, 0.5) is 5.69 Å². The van der Waals surface area contributed by atoms with Crippen molar-refractivity contribution in [3.05, 3.63) is 34.5 Å². The van der Waals surface area contributed by atoms with E-state index in [0.29, 0.717) is 30.4 Å². The molecule has 3 rings (SSSR count). The molecule has 1 fully saturated rings. The predicted molar refractivity (Wildman–Crippen MR) is 89.2 cm³/mol. The smallest absolute Gasteiger partial charge is 0.346 e. The van der Waals surface area contributed by atoms with Crippen LogP contribution in [0.5, 0.6) is 0 Å². The van der Waals surface area contributed by atoms with Gasteiger partial charge in [-0.2, -0.15) is 0 Å². The number of aromatic nitrogens is 1. The zero-order valence-corrected chi connectivity index (χ0v) is 14.1. The lowest BCUT2D eigenvalue weighted by Gasteiger charge is -2.30. The number of esters is 1. The first-order valence-corrected chi connectivity index (χ1v) is 8.14. The average molecular weight is 336 g/mol. The van der Waals surface area contributed by atoms with Crippen LogP contribution in [0.3, 0.4) is 0 Å². The molecule has 0 bridgehead atoms. The highest BCUT2D eigenvalue weighted by molar-refractivity contribution is 6.32. The van der Waals surface area contributed by atoms with Crippen LogP contribution in [0, 0.1) is 6.92 Å². The number of anilines is 1. The van der Waals surface area contributed by atoms with Gasteiger partial charge in [-0.3, -0.25) is 0 Å². The monoisotopic (exact) mass is 335 g/mol. The number of nitrogens with one attached hydrogen (secondary N) is 1. The van der Waals surface area contributed by atoms with Crippen LogP contribution in [0.1, 0.15) is 22.8 Å². The number of carbonyl (C=O) groups is 1. The van der Waals surface area contributed by atoms with Gasteiger partial charge in [0.25, 0.3) is 0 Å². The first kappa shape index (κ1) is 16.0. The standard InChI is InChI=1S/C17H19ClN2O3/c1-3-23-17(21)13-10-19-15-11(2)14(18)5-4-12(15)16(13)20-6-8-22-9-7-20/h4-5,10H,3,6-9H2,1-2H3/p+1. The van der Waals surface area contributed by atoms with Gasteiger partial charge in [-0.15, -0.1) is 0 Å². The molecule has 1 saturated heterocycles. The van der Waals surface area contributed by atoms with E-state index in [-0.39, 0.29) is 5.97 Å². The Bertz CT molecular complexity index is 742. The Morgan fingerprint density at radius 2 is 2.13 bits per heavy atom. The molecule has 1 aromatic carbocycles. The molecule has 23 heavy (non-hydrogen) atoms. The number of hydrogen-bond donors (Lipinski definition) is 0. The van der Waals surface area contributed by atoms with Gasteiger partial charge < -0.3 is 14.4 Å². The molecular formula is C17H20ClN2O3+. The third kappa shape index (κ3) is 2.99. The highest BCUT2D eigenvalue weighted by Gasteiger charge is 2.26. The van der Waals surface area contributed by atoms with Gasteiger partial charge in [0.05, 0.1) is 35.9 Å². The normalized spacial score (nSPS) is 15.0. The summed E-state index contributed by atoms with van der Waals surface area (Å²) in [6.45, 7) is 6.90. The first-order valence-electron chi connectivity index (χ1n) is 7.76. The van der Waals surface area contributed by atoms with Crippen molar-refractivity contribution in [2.45, 2.75) is 13.8 Å². The fourth-order valence-corrected chi connectivity index (χ4v) is 3.08. The van der Waals surface area contributed by atoms with Crippen LogP contribution in [0.25, 0.3) is 10.9 Å². The minimum atomic E-state index is -0.320. The number of morpholine rings is 1. The Hall–Kier alpha value is -1.85. The molecule has 6 heteroatoms. The summed E-state index contributed by atoms with van der Waals surface area (Å²) in [6, 6.07) is 3.82. The van der Waals surface area contributed by atoms with E-state index >= 15 is 0 Å². The van der Waals surface area contributed by atoms with Crippen LogP contribution in [-0.4, -0.2) is 38.9 Å². The zero-order chi connectivity index (χ0) is 16.4. The number of aromatic amines is 1. The largest absolute Gasteiger partial charge is 0.462 e. The van der Waals surface area contributed by atoms with E-state index in [1.807, 2.05) is 19.1 Å². The van der Waals surface area contributed by atoms with Crippen molar-refractivity contribution in [2.24, 2.45) is 0 Å². The van der Waals surface area contributed by atoms with E-state index in [9.17, 15) is 4.79 Å². The molecule has 0 saturated carbocycles. The van der Waals surface area contributed by atoms with Crippen molar-refractivity contribution in [1.82, 2.24) is 0 Å². The second kappa shape index (κ2) is 6.72. The lowest BCUT2D eigenvalue weighted by Crippen LogP contribution is -2.38. The van der Waals surface area contributed by atoms with E-state index in [1.54, 1.807) is 13.1 Å². The van der Waals surface area contributed by atoms with Gasteiger partial charge in [-0.25, -0.2) is 9.78 Å². The number of halogens is 1. The molecule has 1 aliphatic rings. The van der Waals surface area contributed by atoms with Crippen molar-refractivity contribution in [1.29, 1.82) is 0 Å². The topological polar surface area (TPSA) is 52.9 Å². The number of nitrogens with zero attached hydrogens (tertiary/aromatic N) is 1. The van der Waals surface area contributed by atoms with E-state index in [4.69, 9.17) is 21.1 Å². The molecule has 0 atom stereocenters. The van der Waals surface area contributed by atoms with Crippen LogP contribution < -0.4 is 9.88 Å². The van der Waals surface area contributed by atoms with Gasteiger partial charge in [0.2, 0.25) is 5.52 Å². The summed E-state index contributed by atoms with van der Waals surface area (Å²) in [6.07, 6.45) is 1.72. The van der Waals surface area contributed by atoms with Gasteiger partial charge in [0, 0.05) is 18.7 Å². The molecule has 2 heterocycles. The van der Waals surface area contributed by atoms with E-state index in [1.165, 1.54) is 0 Å². The summed E-state index contributed by atoms with van der Waals surface area (Å²) >= 11 is 6.23. The maximum atomic E-state index is 12.4. The predicted octanol–water partition coefficient (Wildman–Crippen LogP) is 2.63. The van der Waals surface area contributed by atoms with Crippen LogP contribution in [0.2, 0.25) is 5.02 Å². The molecule has 0 unspecified atom stereocenters. The number of H-pyrrole nitrogens is 1. The fourth-order valence-electron chi connectivity index (χ4n) is 2.92. The summed E-state index contributed by atoms with van der Waals surface area (Å²) in [5.74, 6) is -0.320. The summed E-state index contributed by atoms with van der Waals surface area (Å²) in [5.41, 5.74) is 3.34. The first-order chi connectivity index (χ1) is 11.1. The van der Waals surface area contributed by atoms with E-state index in [0.717, 1.165) is 35.2 Å². The number of fused-ring (bicyclic) bond motifs is 1. The maximum absolute atomic E-state index is 12.4. The molecule has 0 spiro atoms. The third-order valence-electron chi connectivity index (χ3n) is 4.09. The second-order valence-electron chi connectivity index (χ2n) is 5.47. The Kier molecular flexibility index (Phi) is 4.68. The Morgan fingerprint density at radius 1 is 1.39 bits per heavy atom. The summed E-state index contributed by atoms with van der Waals surface area (Å²) in [4.78, 5) is 17.8. The lowest BCUT2D eigenvalue weighted by atomic mass is 10.0. The van der Waals surface area contributed by atoms with Crippen molar-refractivity contribution >= 4 is 34.2 Å². The summed E-state index contributed by atoms with van der Waals surface area (Å²) < 4.78 is 10.7.